The highest BCUT2D eigenvalue weighted by molar-refractivity contribution is 6.32. The summed E-state index contributed by atoms with van der Waals surface area (Å²) < 4.78 is 0. The molecule has 0 saturated heterocycles. The van der Waals surface area contributed by atoms with Crippen LogP contribution in [0.15, 0.2) is 18.2 Å². The number of amides is 2. The number of carbonyl (C=O) groups is 2. The molecule has 1 heterocycles. The van der Waals surface area contributed by atoms with Crippen LogP contribution in [0.4, 0.5) is 11.4 Å². The number of fused-ring (bicyclic) bond motifs is 2. The third kappa shape index (κ3) is 1.99. The molecule has 2 amide bonds. The van der Waals surface area contributed by atoms with Gasteiger partial charge in [-0.1, -0.05) is 12.8 Å². The van der Waals surface area contributed by atoms with Crippen LogP contribution in [0.5, 0.6) is 0 Å². The standard InChI is InChI=1S/C15H17ClN2O2/c1-9(16)13(19)17-10-4-5-12-11(8-10)15(14(20)18-12)6-2-3-7-15/h4-5,8-9H,2-3,6-7H2,1H3,(H,17,19)(H,18,20). The summed E-state index contributed by atoms with van der Waals surface area (Å²) in [5.41, 5.74) is 2.20. The normalized spacial score (nSPS) is 20.6. The molecular weight excluding hydrogens is 276 g/mol. The van der Waals surface area contributed by atoms with Crippen LogP contribution in [0.3, 0.4) is 0 Å². The molecular formula is C15H17ClN2O2. The van der Waals surface area contributed by atoms with Gasteiger partial charge in [-0.3, -0.25) is 9.59 Å². The molecule has 0 radical (unpaired) electrons. The third-order valence-corrected chi connectivity index (χ3v) is 4.50. The summed E-state index contributed by atoms with van der Waals surface area (Å²) >= 11 is 5.76. The van der Waals surface area contributed by atoms with Crippen molar-refractivity contribution < 1.29 is 9.59 Å². The highest BCUT2D eigenvalue weighted by Gasteiger charge is 2.48. The van der Waals surface area contributed by atoms with Gasteiger partial charge in [0, 0.05) is 11.4 Å². The smallest absolute Gasteiger partial charge is 0.242 e. The van der Waals surface area contributed by atoms with Gasteiger partial charge in [-0.25, -0.2) is 0 Å². The van der Waals surface area contributed by atoms with Crippen molar-refractivity contribution in [1.29, 1.82) is 0 Å². The van der Waals surface area contributed by atoms with E-state index >= 15 is 0 Å². The van der Waals surface area contributed by atoms with E-state index < -0.39 is 5.38 Å². The lowest BCUT2D eigenvalue weighted by atomic mass is 9.80. The van der Waals surface area contributed by atoms with Crippen LogP contribution in [0.1, 0.15) is 38.2 Å². The summed E-state index contributed by atoms with van der Waals surface area (Å²) in [5.74, 6) is -0.136. The van der Waals surface area contributed by atoms with Crippen LogP contribution in [0.2, 0.25) is 0 Å². The lowest BCUT2D eigenvalue weighted by Gasteiger charge is -2.21. The molecule has 1 atom stereocenters. The van der Waals surface area contributed by atoms with E-state index in [0.29, 0.717) is 5.69 Å². The first kappa shape index (κ1) is 13.4. The summed E-state index contributed by atoms with van der Waals surface area (Å²) in [6.07, 6.45) is 3.91. The first-order valence-corrected chi connectivity index (χ1v) is 7.37. The van der Waals surface area contributed by atoms with Crippen LogP contribution in [-0.4, -0.2) is 17.2 Å². The predicted molar refractivity (Wildman–Crippen MR) is 79.2 cm³/mol. The Labute approximate surface area is 122 Å². The van der Waals surface area contributed by atoms with E-state index in [1.54, 1.807) is 13.0 Å². The lowest BCUT2D eigenvalue weighted by Crippen LogP contribution is -2.31. The zero-order valence-corrected chi connectivity index (χ0v) is 12.1. The summed E-state index contributed by atoms with van der Waals surface area (Å²) in [6, 6.07) is 5.56. The molecule has 1 unspecified atom stereocenters. The fraction of sp³-hybridized carbons (Fsp3) is 0.467. The van der Waals surface area contributed by atoms with Crippen molar-refractivity contribution in [2.24, 2.45) is 0 Å². The van der Waals surface area contributed by atoms with Crippen LogP contribution in [0, 0.1) is 0 Å². The Kier molecular flexibility index (Phi) is 3.21. The molecule has 1 aliphatic carbocycles. The predicted octanol–water partition coefficient (Wildman–Crippen LogP) is 3.02. The molecule has 1 aromatic rings. The molecule has 20 heavy (non-hydrogen) atoms. The van der Waals surface area contributed by atoms with Gasteiger partial charge in [-0.05, 0) is 43.5 Å². The Morgan fingerprint density at radius 1 is 1.40 bits per heavy atom. The summed E-state index contributed by atoms with van der Waals surface area (Å²) in [4.78, 5) is 23.9. The SMILES string of the molecule is CC(Cl)C(=O)Nc1ccc2c(c1)C1(CCCC1)C(=O)N2. The first-order valence-electron chi connectivity index (χ1n) is 6.94. The van der Waals surface area contributed by atoms with E-state index in [2.05, 4.69) is 10.6 Å². The minimum absolute atomic E-state index is 0.0965. The summed E-state index contributed by atoms with van der Waals surface area (Å²) in [5, 5.41) is 5.16. The number of nitrogens with one attached hydrogen (secondary N) is 2. The number of hydrogen-bond donors (Lipinski definition) is 2. The quantitative estimate of drug-likeness (QED) is 0.823. The molecule has 1 spiro atoms. The van der Waals surface area contributed by atoms with Crippen molar-refractivity contribution in [3.05, 3.63) is 23.8 Å². The minimum Gasteiger partial charge on any atom is -0.325 e. The highest BCUT2D eigenvalue weighted by atomic mass is 35.5. The van der Waals surface area contributed by atoms with E-state index in [4.69, 9.17) is 11.6 Å². The van der Waals surface area contributed by atoms with E-state index in [1.165, 1.54) is 0 Å². The zero-order valence-electron chi connectivity index (χ0n) is 11.3. The van der Waals surface area contributed by atoms with E-state index in [9.17, 15) is 9.59 Å². The second-order valence-electron chi connectivity index (χ2n) is 5.61. The maximum atomic E-state index is 12.3. The molecule has 0 aromatic heterocycles. The Morgan fingerprint density at radius 3 is 2.75 bits per heavy atom. The molecule has 2 N–H and O–H groups in total. The number of anilines is 2. The number of alkyl halides is 1. The number of halogens is 1. The van der Waals surface area contributed by atoms with Gasteiger partial charge < -0.3 is 10.6 Å². The molecule has 1 saturated carbocycles. The molecule has 3 rings (SSSR count). The van der Waals surface area contributed by atoms with Crippen LogP contribution >= 0.6 is 11.6 Å². The van der Waals surface area contributed by atoms with Gasteiger partial charge in [-0.15, -0.1) is 11.6 Å². The number of hydrogen-bond acceptors (Lipinski definition) is 2. The number of benzene rings is 1. The fourth-order valence-corrected chi connectivity index (χ4v) is 3.26. The van der Waals surface area contributed by atoms with Crippen molar-refractivity contribution >= 4 is 34.8 Å². The monoisotopic (exact) mass is 292 g/mol. The van der Waals surface area contributed by atoms with Crippen molar-refractivity contribution in [3.63, 3.8) is 0 Å². The number of rotatable bonds is 2. The van der Waals surface area contributed by atoms with E-state index in [-0.39, 0.29) is 17.2 Å². The largest absolute Gasteiger partial charge is 0.325 e. The van der Waals surface area contributed by atoms with Crippen molar-refractivity contribution in [2.45, 2.75) is 43.4 Å². The average Bonchev–Trinajstić information content (AvgIpc) is 2.99. The van der Waals surface area contributed by atoms with Gasteiger partial charge in [0.1, 0.15) is 5.38 Å². The van der Waals surface area contributed by atoms with Crippen LogP contribution < -0.4 is 10.6 Å². The zero-order chi connectivity index (χ0) is 14.3. The van der Waals surface area contributed by atoms with Gasteiger partial charge in [0.05, 0.1) is 5.41 Å². The maximum absolute atomic E-state index is 12.3. The molecule has 0 bridgehead atoms. The first-order chi connectivity index (χ1) is 9.53. The van der Waals surface area contributed by atoms with Crippen LogP contribution in [-0.2, 0) is 15.0 Å². The fourth-order valence-electron chi connectivity index (χ4n) is 3.21. The van der Waals surface area contributed by atoms with Crippen molar-refractivity contribution in [3.8, 4) is 0 Å². The van der Waals surface area contributed by atoms with E-state index in [1.807, 2.05) is 12.1 Å². The van der Waals surface area contributed by atoms with Gasteiger partial charge in [0.25, 0.3) is 0 Å². The summed E-state index contributed by atoms with van der Waals surface area (Å²) in [6.45, 7) is 1.63. The van der Waals surface area contributed by atoms with Gasteiger partial charge in [-0.2, -0.15) is 0 Å². The maximum Gasteiger partial charge on any atom is 0.242 e. The van der Waals surface area contributed by atoms with Gasteiger partial charge >= 0.3 is 0 Å². The third-order valence-electron chi connectivity index (χ3n) is 4.30. The minimum atomic E-state index is -0.580. The molecule has 2 aliphatic rings. The Morgan fingerprint density at radius 2 is 2.10 bits per heavy atom. The topological polar surface area (TPSA) is 58.2 Å². The Hall–Kier alpha value is -1.55. The molecule has 1 aliphatic heterocycles. The molecule has 1 aromatic carbocycles. The Bertz CT molecular complexity index is 577. The van der Waals surface area contributed by atoms with Gasteiger partial charge in [0.15, 0.2) is 0 Å². The Balaban J connectivity index is 1.95. The van der Waals surface area contributed by atoms with E-state index in [0.717, 1.165) is 36.9 Å². The second-order valence-corrected chi connectivity index (χ2v) is 6.26. The van der Waals surface area contributed by atoms with Crippen molar-refractivity contribution in [2.75, 3.05) is 10.6 Å². The molecule has 4 nitrogen and oxygen atoms in total. The molecule has 106 valence electrons. The van der Waals surface area contributed by atoms with Gasteiger partial charge in [0.2, 0.25) is 11.8 Å². The van der Waals surface area contributed by atoms with Crippen LogP contribution in [0.25, 0.3) is 0 Å². The lowest BCUT2D eigenvalue weighted by molar-refractivity contribution is -0.120. The highest BCUT2D eigenvalue weighted by Crippen LogP contribution is 2.49. The molecule has 1 fully saturated rings. The second kappa shape index (κ2) is 4.77. The molecule has 5 heteroatoms. The van der Waals surface area contributed by atoms with Crippen molar-refractivity contribution in [1.82, 2.24) is 0 Å². The number of carbonyl (C=O) groups excluding carboxylic acids is 2. The summed E-state index contributed by atoms with van der Waals surface area (Å²) in [7, 11) is 0. The average molecular weight is 293 g/mol.